The van der Waals surface area contributed by atoms with Gasteiger partial charge in [-0.05, 0) is 37.3 Å². The molecule has 4 heteroatoms. The minimum Gasteiger partial charge on any atom is -0.338 e. The number of hydrogen-bond acceptors (Lipinski definition) is 2. The Labute approximate surface area is 115 Å². The van der Waals surface area contributed by atoms with Crippen molar-refractivity contribution >= 4 is 33.2 Å². The van der Waals surface area contributed by atoms with Crippen LogP contribution in [0, 0.1) is 5.92 Å². The standard InChI is InChI=1S/C13H18BrNOS/c1-2-11-5-6-12(17-11)13(16)15-7-3-4-10(8-14)9-15/h5-6,10H,2-4,7-9H2,1H3. The molecule has 2 rings (SSSR count). The van der Waals surface area contributed by atoms with Gasteiger partial charge in [0.2, 0.25) is 0 Å². The number of rotatable bonds is 3. The van der Waals surface area contributed by atoms with Crippen LogP contribution in [-0.2, 0) is 6.42 Å². The first kappa shape index (κ1) is 13.1. The van der Waals surface area contributed by atoms with E-state index < -0.39 is 0 Å². The Balaban J connectivity index is 2.03. The zero-order chi connectivity index (χ0) is 12.3. The Hall–Kier alpha value is -0.350. The second-order valence-corrected chi connectivity index (χ2v) is 6.35. The van der Waals surface area contributed by atoms with Crippen LogP contribution in [0.5, 0.6) is 0 Å². The van der Waals surface area contributed by atoms with Gasteiger partial charge in [-0.1, -0.05) is 22.9 Å². The van der Waals surface area contributed by atoms with Crippen molar-refractivity contribution in [2.24, 2.45) is 5.92 Å². The summed E-state index contributed by atoms with van der Waals surface area (Å²) in [6.07, 6.45) is 3.38. The van der Waals surface area contributed by atoms with E-state index in [2.05, 4.69) is 28.9 Å². The summed E-state index contributed by atoms with van der Waals surface area (Å²) in [6.45, 7) is 3.95. The highest BCUT2D eigenvalue weighted by Gasteiger charge is 2.24. The lowest BCUT2D eigenvalue weighted by Crippen LogP contribution is -2.40. The molecule has 1 aromatic rings. The number of amides is 1. The Morgan fingerprint density at radius 2 is 2.41 bits per heavy atom. The van der Waals surface area contributed by atoms with E-state index in [1.54, 1.807) is 11.3 Å². The first-order valence-corrected chi connectivity index (χ1v) is 8.12. The minimum absolute atomic E-state index is 0.223. The summed E-state index contributed by atoms with van der Waals surface area (Å²) < 4.78 is 0. The number of carbonyl (C=O) groups excluding carboxylic acids is 1. The minimum atomic E-state index is 0.223. The molecule has 1 saturated heterocycles. The number of alkyl halides is 1. The number of aryl methyl sites for hydroxylation is 1. The summed E-state index contributed by atoms with van der Waals surface area (Å²) in [5.41, 5.74) is 0. The van der Waals surface area contributed by atoms with Crippen LogP contribution in [0.4, 0.5) is 0 Å². The van der Waals surface area contributed by atoms with Gasteiger partial charge in [-0.15, -0.1) is 11.3 Å². The Morgan fingerprint density at radius 1 is 1.59 bits per heavy atom. The fourth-order valence-corrected chi connectivity index (χ4v) is 3.66. The van der Waals surface area contributed by atoms with Crippen LogP contribution in [-0.4, -0.2) is 29.2 Å². The van der Waals surface area contributed by atoms with Gasteiger partial charge in [0.1, 0.15) is 0 Å². The van der Waals surface area contributed by atoms with Crippen molar-refractivity contribution in [1.82, 2.24) is 4.90 Å². The van der Waals surface area contributed by atoms with Gasteiger partial charge in [-0.2, -0.15) is 0 Å². The number of nitrogens with zero attached hydrogens (tertiary/aromatic N) is 1. The van der Waals surface area contributed by atoms with Crippen molar-refractivity contribution < 1.29 is 4.79 Å². The maximum atomic E-state index is 12.3. The van der Waals surface area contributed by atoms with Gasteiger partial charge >= 0.3 is 0 Å². The zero-order valence-corrected chi connectivity index (χ0v) is 12.5. The third-order valence-electron chi connectivity index (χ3n) is 3.25. The van der Waals surface area contributed by atoms with Crippen LogP contribution in [0.2, 0.25) is 0 Å². The Morgan fingerprint density at radius 3 is 3.06 bits per heavy atom. The van der Waals surface area contributed by atoms with Crippen LogP contribution < -0.4 is 0 Å². The molecule has 2 heterocycles. The topological polar surface area (TPSA) is 20.3 Å². The summed E-state index contributed by atoms with van der Waals surface area (Å²) in [6, 6.07) is 4.05. The first-order chi connectivity index (χ1) is 8.24. The Bertz CT molecular complexity index is 391. The van der Waals surface area contributed by atoms with Crippen molar-refractivity contribution in [2.45, 2.75) is 26.2 Å². The zero-order valence-electron chi connectivity index (χ0n) is 10.1. The molecule has 0 saturated carbocycles. The highest BCUT2D eigenvalue weighted by Crippen LogP contribution is 2.23. The third-order valence-corrected chi connectivity index (χ3v) is 5.38. The monoisotopic (exact) mass is 315 g/mol. The molecule has 1 aromatic heterocycles. The number of piperidine rings is 1. The second-order valence-electron chi connectivity index (χ2n) is 4.53. The van der Waals surface area contributed by atoms with Gasteiger partial charge in [0.15, 0.2) is 0 Å². The molecule has 94 valence electrons. The molecular weight excluding hydrogens is 298 g/mol. The summed E-state index contributed by atoms with van der Waals surface area (Å²) in [7, 11) is 0. The number of hydrogen-bond donors (Lipinski definition) is 0. The van der Waals surface area contributed by atoms with E-state index in [4.69, 9.17) is 0 Å². The maximum Gasteiger partial charge on any atom is 0.263 e. The van der Waals surface area contributed by atoms with Crippen LogP contribution in [0.1, 0.15) is 34.3 Å². The molecule has 0 spiro atoms. The third kappa shape index (κ3) is 3.10. The molecule has 17 heavy (non-hydrogen) atoms. The molecule has 1 aliphatic heterocycles. The lowest BCUT2D eigenvalue weighted by atomic mass is 10.0. The summed E-state index contributed by atoms with van der Waals surface area (Å²) in [4.78, 5) is 16.5. The molecule has 0 N–H and O–H groups in total. The van der Waals surface area contributed by atoms with Gasteiger partial charge in [0.25, 0.3) is 5.91 Å². The van der Waals surface area contributed by atoms with E-state index in [1.807, 2.05) is 11.0 Å². The summed E-state index contributed by atoms with van der Waals surface area (Å²) >= 11 is 5.16. The molecular formula is C13H18BrNOS. The average Bonchev–Trinajstić information content (AvgIpc) is 2.86. The fraction of sp³-hybridized carbons (Fsp3) is 0.615. The SMILES string of the molecule is CCc1ccc(C(=O)N2CCCC(CBr)C2)s1. The summed E-state index contributed by atoms with van der Waals surface area (Å²) in [5.74, 6) is 0.846. The van der Waals surface area contributed by atoms with Gasteiger partial charge in [-0.25, -0.2) is 0 Å². The average molecular weight is 316 g/mol. The lowest BCUT2D eigenvalue weighted by Gasteiger charge is -2.31. The molecule has 1 aliphatic rings. The van der Waals surface area contributed by atoms with Crippen LogP contribution in [0.3, 0.4) is 0 Å². The number of thiophene rings is 1. The van der Waals surface area contributed by atoms with Crippen LogP contribution in [0.25, 0.3) is 0 Å². The van der Waals surface area contributed by atoms with E-state index in [9.17, 15) is 4.79 Å². The highest BCUT2D eigenvalue weighted by molar-refractivity contribution is 9.09. The first-order valence-electron chi connectivity index (χ1n) is 6.18. The van der Waals surface area contributed by atoms with E-state index in [0.717, 1.165) is 36.1 Å². The van der Waals surface area contributed by atoms with Crippen LogP contribution in [0.15, 0.2) is 12.1 Å². The van der Waals surface area contributed by atoms with Gasteiger partial charge in [0.05, 0.1) is 4.88 Å². The number of likely N-dealkylation sites (tertiary alicyclic amines) is 1. The normalized spacial score (nSPS) is 20.6. The van der Waals surface area contributed by atoms with Crippen molar-refractivity contribution in [2.75, 3.05) is 18.4 Å². The maximum absolute atomic E-state index is 12.3. The largest absolute Gasteiger partial charge is 0.338 e. The van der Waals surface area contributed by atoms with Crippen LogP contribution >= 0.6 is 27.3 Å². The molecule has 2 nitrogen and oxygen atoms in total. The predicted octanol–water partition coefficient (Wildman–Crippen LogP) is 3.56. The van der Waals surface area contributed by atoms with Gasteiger partial charge < -0.3 is 4.90 Å². The molecule has 1 atom stereocenters. The highest BCUT2D eigenvalue weighted by atomic mass is 79.9. The van der Waals surface area contributed by atoms with Gasteiger partial charge in [0, 0.05) is 23.3 Å². The van der Waals surface area contributed by atoms with Crippen molar-refractivity contribution in [3.63, 3.8) is 0 Å². The fourth-order valence-electron chi connectivity index (χ4n) is 2.21. The quantitative estimate of drug-likeness (QED) is 0.781. The molecule has 0 bridgehead atoms. The van der Waals surface area contributed by atoms with Crippen molar-refractivity contribution in [3.05, 3.63) is 21.9 Å². The lowest BCUT2D eigenvalue weighted by molar-refractivity contribution is 0.0691. The molecule has 0 aromatic carbocycles. The molecule has 1 unspecified atom stereocenters. The van der Waals surface area contributed by atoms with E-state index in [0.29, 0.717) is 5.92 Å². The van der Waals surface area contributed by atoms with E-state index >= 15 is 0 Å². The molecule has 1 fully saturated rings. The Kier molecular flexibility index (Phi) is 4.62. The van der Waals surface area contributed by atoms with Crippen molar-refractivity contribution in [1.29, 1.82) is 0 Å². The van der Waals surface area contributed by atoms with Crippen molar-refractivity contribution in [3.8, 4) is 0 Å². The predicted molar refractivity (Wildman–Crippen MR) is 76.1 cm³/mol. The number of carbonyl (C=O) groups is 1. The number of halogens is 1. The molecule has 0 radical (unpaired) electrons. The van der Waals surface area contributed by atoms with E-state index in [-0.39, 0.29) is 5.91 Å². The molecule has 0 aliphatic carbocycles. The van der Waals surface area contributed by atoms with Gasteiger partial charge in [-0.3, -0.25) is 4.79 Å². The summed E-state index contributed by atoms with van der Waals surface area (Å²) in [5, 5.41) is 1.00. The second kappa shape index (κ2) is 6.01. The molecule has 1 amide bonds. The van der Waals surface area contributed by atoms with E-state index in [1.165, 1.54) is 11.3 Å². The smallest absolute Gasteiger partial charge is 0.263 e.